The first-order valence-corrected chi connectivity index (χ1v) is 9.75. The lowest BCUT2D eigenvalue weighted by Crippen LogP contribution is -2.27. The van der Waals surface area contributed by atoms with Gasteiger partial charge in [0.05, 0.1) is 25.4 Å². The second kappa shape index (κ2) is 7.81. The van der Waals surface area contributed by atoms with E-state index in [1.807, 2.05) is 35.0 Å². The molecule has 0 bridgehead atoms. The SMILES string of the molecule is COc1ccc(S(=O)(=O)NC(C)c2ccc(-n3ccnc3)cc2)cc1OC. The van der Waals surface area contributed by atoms with Gasteiger partial charge in [-0.3, -0.25) is 0 Å². The fraction of sp³-hybridized carbons (Fsp3) is 0.211. The second-order valence-electron chi connectivity index (χ2n) is 5.92. The minimum atomic E-state index is -3.72. The van der Waals surface area contributed by atoms with Gasteiger partial charge in [0.15, 0.2) is 11.5 Å². The highest BCUT2D eigenvalue weighted by Gasteiger charge is 2.20. The summed E-state index contributed by atoms with van der Waals surface area (Å²) in [6.45, 7) is 1.80. The Morgan fingerprint density at radius 3 is 2.33 bits per heavy atom. The Morgan fingerprint density at radius 2 is 1.74 bits per heavy atom. The van der Waals surface area contributed by atoms with Crippen LogP contribution in [0.5, 0.6) is 11.5 Å². The maximum absolute atomic E-state index is 12.7. The summed E-state index contributed by atoms with van der Waals surface area (Å²) in [6, 6.07) is 11.7. The molecule has 1 unspecified atom stereocenters. The van der Waals surface area contributed by atoms with E-state index in [9.17, 15) is 8.42 Å². The molecule has 142 valence electrons. The van der Waals surface area contributed by atoms with E-state index in [0.29, 0.717) is 11.5 Å². The van der Waals surface area contributed by atoms with Crippen molar-refractivity contribution in [1.82, 2.24) is 14.3 Å². The number of rotatable bonds is 7. The lowest BCUT2D eigenvalue weighted by Gasteiger charge is -2.16. The maximum atomic E-state index is 12.7. The molecule has 0 saturated heterocycles. The van der Waals surface area contributed by atoms with E-state index in [0.717, 1.165) is 11.3 Å². The smallest absolute Gasteiger partial charge is 0.241 e. The fourth-order valence-corrected chi connectivity index (χ4v) is 3.95. The molecule has 0 saturated carbocycles. The number of nitrogens with one attached hydrogen (secondary N) is 1. The largest absolute Gasteiger partial charge is 0.493 e. The van der Waals surface area contributed by atoms with E-state index in [4.69, 9.17) is 9.47 Å². The zero-order valence-corrected chi connectivity index (χ0v) is 16.1. The average Bonchev–Trinajstić information content (AvgIpc) is 3.22. The van der Waals surface area contributed by atoms with E-state index in [1.165, 1.54) is 26.4 Å². The highest BCUT2D eigenvalue weighted by atomic mass is 32.2. The zero-order valence-electron chi connectivity index (χ0n) is 15.3. The molecule has 1 heterocycles. The van der Waals surface area contributed by atoms with E-state index in [1.54, 1.807) is 25.5 Å². The first-order chi connectivity index (χ1) is 12.9. The molecule has 0 aliphatic heterocycles. The minimum Gasteiger partial charge on any atom is -0.493 e. The van der Waals surface area contributed by atoms with Crippen LogP contribution >= 0.6 is 0 Å². The molecule has 0 amide bonds. The number of ether oxygens (including phenoxy) is 2. The summed E-state index contributed by atoms with van der Waals surface area (Å²) >= 11 is 0. The molecule has 0 fully saturated rings. The van der Waals surface area contributed by atoms with Crippen molar-refractivity contribution >= 4 is 10.0 Å². The third-order valence-corrected chi connectivity index (χ3v) is 5.73. The number of imidazole rings is 1. The van der Waals surface area contributed by atoms with Crippen molar-refractivity contribution in [3.8, 4) is 17.2 Å². The van der Waals surface area contributed by atoms with Gasteiger partial charge in [0.25, 0.3) is 0 Å². The van der Waals surface area contributed by atoms with Crippen LogP contribution in [0.25, 0.3) is 5.69 Å². The Labute approximate surface area is 158 Å². The first-order valence-electron chi connectivity index (χ1n) is 8.27. The van der Waals surface area contributed by atoms with Gasteiger partial charge in [0, 0.05) is 30.2 Å². The van der Waals surface area contributed by atoms with Crippen LogP contribution in [0.15, 0.2) is 66.1 Å². The van der Waals surface area contributed by atoms with Gasteiger partial charge in [-0.2, -0.15) is 0 Å². The van der Waals surface area contributed by atoms with Crippen molar-refractivity contribution in [3.05, 3.63) is 66.7 Å². The highest BCUT2D eigenvalue weighted by Crippen LogP contribution is 2.30. The summed E-state index contributed by atoms with van der Waals surface area (Å²) in [5.74, 6) is 0.831. The maximum Gasteiger partial charge on any atom is 0.241 e. The third kappa shape index (κ3) is 4.12. The summed E-state index contributed by atoms with van der Waals surface area (Å²) in [5.41, 5.74) is 1.80. The molecule has 2 aromatic carbocycles. The van der Waals surface area contributed by atoms with Gasteiger partial charge < -0.3 is 14.0 Å². The summed E-state index contributed by atoms with van der Waals surface area (Å²) in [6.07, 6.45) is 5.25. The Hall–Kier alpha value is -2.84. The third-order valence-electron chi connectivity index (χ3n) is 4.19. The molecule has 1 atom stereocenters. The lowest BCUT2D eigenvalue weighted by atomic mass is 10.1. The molecule has 0 aliphatic rings. The van der Waals surface area contributed by atoms with E-state index in [2.05, 4.69) is 9.71 Å². The van der Waals surface area contributed by atoms with Gasteiger partial charge in [-0.05, 0) is 36.8 Å². The van der Waals surface area contributed by atoms with Crippen LogP contribution in [0, 0.1) is 0 Å². The van der Waals surface area contributed by atoms with Crippen LogP contribution in [0.1, 0.15) is 18.5 Å². The van der Waals surface area contributed by atoms with Crippen LogP contribution in [-0.2, 0) is 10.0 Å². The van der Waals surface area contributed by atoms with Crippen molar-refractivity contribution in [2.45, 2.75) is 17.9 Å². The number of hydrogen-bond donors (Lipinski definition) is 1. The summed E-state index contributed by atoms with van der Waals surface area (Å²) < 4.78 is 40.3. The van der Waals surface area contributed by atoms with Crippen LogP contribution in [-0.4, -0.2) is 32.2 Å². The Morgan fingerprint density at radius 1 is 1.04 bits per heavy atom. The number of nitrogens with zero attached hydrogens (tertiary/aromatic N) is 2. The Balaban J connectivity index is 1.79. The summed E-state index contributed by atoms with van der Waals surface area (Å²) in [7, 11) is -0.755. The molecule has 0 radical (unpaired) electrons. The van der Waals surface area contributed by atoms with Crippen LogP contribution in [0.2, 0.25) is 0 Å². The molecule has 0 aliphatic carbocycles. The molecule has 3 aromatic rings. The van der Waals surface area contributed by atoms with Gasteiger partial charge in [-0.1, -0.05) is 12.1 Å². The van der Waals surface area contributed by atoms with Crippen LogP contribution in [0.4, 0.5) is 0 Å². The molecule has 0 spiro atoms. The highest BCUT2D eigenvalue weighted by molar-refractivity contribution is 7.89. The quantitative estimate of drug-likeness (QED) is 0.674. The van der Waals surface area contributed by atoms with Crippen LogP contribution in [0.3, 0.4) is 0 Å². The van der Waals surface area contributed by atoms with Crippen molar-refractivity contribution in [2.24, 2.45) is 0 Å². The predicted octanol–water partition coefficient (Wildman–Crippen LogP) is 2.93. The van der Waals surface area contributed by atoms with Gasteiger partial charge in [0.1, 0.15) is 0 Å². The Bertz CT molecular complexity index is 1000. The molecule has 27 heavy (non-hydrogen) atoms. The average molecular weight is 387 g/mol. The normalized spacial score (nSPS) is 12.6. The summed E-state index contributed by atoms with van der Waals surface area (Å²) in [5, 5.41) is 0. The molecule has 8 heteroatoms. The standard InChI is InChI=1S/C19H21N3O4S/c1-14(15-4-6-16(7-5-15)22-11-10-20-13-22)21-27(23,24)17-8-9-18(25-2)19(12-17)26-3/h4-14,21H,1-3H3. The van der Waals surface area contributed by atoms with Gasteiger partial charge >= 0.3 is 0 Å². The number of hydrogen-bond acceptors (Lipinski definition) is 5. The minimum absolute atomic E-state index is 0.113. The molecule has 7 nitrogen and oxygen atoms in total. The van der Waals surface area contributed by atoms with Crippen LogP contribution < -0.4 is 14.2 Å². The number of aromatic nitrogens is 2. The van der Waals surface area contributed by atoms with E-state index < -0.39 is 16.1 Å². The van der Waals surface area contributed by atoms with Crippen molar-refractivity contribution in [3.63, 3.8) is 0 Å². The molecular weight excluding hydrogens is 366 g/mol. The lowest BCUT2D eigenvalue weighted by molar-refractivity contribution is 0.354. The number of methoxy groups -OCH3 is 2. The molecule has 3 rings (SSSR count). The molecular formula is C19H21N3O4S. The van der Waals surface area contributed by atoms with E-state index in [-0.39, 0.29) is 4.90 Å². The van der Waals surface area contributed by atoms with Gasteiger partial charge in [-0.15, -0.1) is 0 Å². The second-order valence-corrected chi connectivity index (χ2v) is 7.64. The first kappa shape index (κ1) is 18.9. The fourth-order valence-electron chi connectivity index (χ4n) is 2.70. The molecule has 1 N–H and O–H groups in total. The topological polar surface area (TPSA) is 82.5 Å². The Kier molecular flexibility index (Phi) is 5.48. The monoisotopic (exact) mass is 387 g/mol. The van der Waals surface area contributed by atoms with Gasteiger partial charge in [0.2, 0.25) is 10.0 Å². The summed E-state index contributed by atoms with van der Waals surface area (Å²) in [4.78, 5) is 4.13. The van der Waals surface area contributed by atoms with E-state index >= 15 is 0 Å². The van der Waals surface area contributed by atoms with Gasteiger partial charge in [-0.25, -0.2) is 18.1 Å². The van der Waals surface area contributed by atoms with Crippen molar-refractivity contribution in [1.29, 1.82) is 0 Å². The number of sulfonamides is 1. The van der Waals surface area contributed by atoms with Crippen molar-refractivity contribution in [2.75, 3.05) is 14.2 Å². The predicted molar refractivity (Wildman–Crippen MR) is 102 cm³/mol. The molecule has 1 aromatic heterocycles. The van der Waals surface area contributed by atoms with Crippen molar-refractivity contribution < 1.29 is 17.9 Å². The zero-order chi connectivity index (χ0) is 19.4. The number of benzene rings is 2.